The van der Waals surface area contributed by atoms with Gasteiger partial charge in [0.25, 0.3) is 0 Å². The molecule has 0 saturated carbocycles. The summed E-state index contributed by atoms with van der Waals surface area (Å²) in [6.07, 6.45) is 3.86. The minimum absolute atomic E-state index is 0.619. The van der Waals surface area contributed by atoms with Crippen molar-refractivity contribution in [3.8, 4) is 0 Å². The van der Waals surface area contributed by atoms with Crippen LogP contribution < -0.4 is 0 Å². The lowest BCUT2D eigenvalue weighted by molar-refractivity contribution is 0.220. The van der Waals surface area contributed by atoms with Crippen molar-refractivity contribution in [2.24, 2.45) is 0 Å². The first-order valence-electron chi connectivity index (χ1n) is 6.09. The van der Waals surface area contributed by atoms with Crippen LogP contribution >= 0.6 is 11.6 Å². The van der Waals surface area contributed by atoms with Gasteiger partial charge >= 0.3 is 0 Å². The van der Waals surface area contributed by atoms with Crippen molar-refractivity contribution in [2.75, 3.05) is 0 Å². The maximum Gasteiger partial charge on any atom is 0.109 e. The second kappa shape index (κ2) is 5.55. The maximum atomic E-state index is 10.3. The van der Waals surface area contributed by atoms with Gasteiger partial charge < -0.3 is 5.11 Å². The van der Waals surface area contributed by atoms with Crippen LogP contribution in [0, 0.1) is 6.92 Å². The van der Waals surface area contributed by atoms with E-state index in [-0.39, 0.29) is 0 Å². The molecule has 1 heterocycles. The SMILES string of the molecule is CCCn1cc(C(O)c2cccc(C)c2Cl)cn1. The summed E-state index contributed by atoms with van der Waals surface area (Å²) in [4.78, 5) is 0. The predicted octanol–water partition coefficient (Wildman–Crippen LogP) is 3.34. The highest BCUT2D eigenvalue weighted by atomic mass is 35.5. The zero-order valence-corrected chi connectivity index (χ0v) is 11.4. The second-order valence-corrected chi connectivity index (χ2v) is 4.80. The molecule has 0 aliphatic heterocycles. The van der Waals surface area contributed by atoms with E-state index in [1.165, 1.54) is 0 Å². The number of halogens is 1. The molecule has 1 aromatic carbocycles. The summed E-state index contributed by atoms with van der Waals surface area (Å²) in [5, 5.41) is 15.2. The molecular weight excluding hydrogens is 248 g/mol. The van der Waals surface area contributed by atoms with Crippen LogP contribution in [0.4, 0.5) is 0 Å². The molecule has 1 N–H and O–H groups in total. The van der Waals surface area contributed by atoms with Crippen molar-refractivity contribution in [1.82, 2.24) is 9.78 Å². The largest absolute Gasteiger partial charge is 0.383 e. The van der Waals surface area contributed by atoms with Crippen molar-refractivity contribution in [3.05, 3.63) is 52.3 Å². The first kappa shape index (κ1) is 13.1. The molecule has 4 heteroatoms. The molecule has 0 radical (unpaired) electrons. The van der Waals surface area contributed by atoms with Crippen LogP contribution in [0.1, 0.15) is 36.1 Å². The average Bonchev–Trinajstić information content (AvgIpc) is 2.81. The van der Waals surface area contributed by atoms with Gasteiger partial charge in [0.05, 0.1) is 6.20 Å². The lowest BCUT2D eigenvalue weighted by Crippen LogP contribution is -2.01. The number of benzene rings is 1. The molecule has 1 atom stereocenters. The minimum Gasteiger partial charge on any atom is -0.383 e. The van der Waals surface area contributed by atoms with E-state index >= 15 is 0 Å². The van der Waals surface area contributed by atoms with Crippen LogP contribution in [-0.2, 0) is 6.54 Å². The Kier molecular flexibility index (Phi) is 4.04. The molecule has 0 bridgehead atoms. The standard InChI is InChI=1S/C14H17ClN2O/c1-3-7-17-9-11(8-16-17)14(18)12-6-4-5-10(2)13(12)15/h4-6,8-9,14,18H,3,7H2,1-2H3. The Hall–Kier alpha value is -1.32. The highest BCUT2D eigenvalue weighted by molar-refractivity contribution is 6.32. The summed E-state index contributed by atoms with van der Waals surface area (Å²) in [5.41, 5.74) is 2.47. The summed E-state index contributed by atoms with van der Waals surface area (Å²) in [7, 11) is 0. The Balaban J connectivity index is 2.29. The van der Waals surface area contributed by atoms with E-state index in [0.29, 0.717) is 5.02 Å². The topological polar surface area (TPSA) is 38.0 Å². The van der Waals surface area contributed by atoms with Crippen LogP contribution in [0.25, 0.3) is 0 Å². The number of aryl methyl sites for hydroxylation is 2. The highest BCUT2D eigenvalue weighted by Crippen LogP contribution is 2.30. The van der Waals surface area contributed by atoms with Gasteiger partial charge in [-0.15, -0.1) is 0 Å². The monoisotopic (exact) mass is 264 g/mol. The number of hydrogen-bond acceptors (Lipinski definition) is 2. The Morgan fingerprint density at radius 2 is 2.22 bits per heavy atom. The molecule has 0 aliphatic carbocycles. The lowest BCUT2D eigenvalue weighted by atomic mass is 10.0. The summed E-state index contributed by atoms with van der Waals surface area (Å²) < 4.78 is 1.84. The molecule has 0 aliphatic rings. The van der Waals surface area contributed by atoms with E-state index in [4.69, 9.17) is 11.6 Å². The van der Waals surface area contributed by atoms with E-state index < -0.39 is 6.10 Å². The summed E-state index contributed by atoms with van der Waals surface area (Å²) in [6.45, 7) is 4.88. The first-order valence-corrected chi connectivity index (χ1v) is 6.46. The molecule has 0 amide bonds. The fourth-order valence-corrected chi connectivity index (χ4v) is 2.16. The Morgan fingerprint density at radius 1 is 1.44 bits per heavy atom. The molecule has 1 unspecified atom stereocenters. The van der Waals surface area contributed by atoms with Crippen LogP contribution in [0.2, 0.25) is 5.02 Å². The predicted molar refractivity (Wildman–Crippen MR) is 72.8 cm³/mol. The zero-order chi connectivity index (χ0) is 13.1. The molecule has 0 fully saturated rings. The average molecular weight is 265 g/mol. The van der Waals surface area contributed by atoms with Crippen molar-refractivity contribution in [1.29, 1.82) is 0 Å². The Labute approximate surface area is 112 Å². The van der Waals surface area contributed by atoms with Crippen molar-refractivity contribution in [2.45, 2.75) is 32.9 Å². The molecule has 0 spiro atoms. The number of rotatable bonds is 4. The fraction of sp³-hybridized carbons (Fsp3) is 0.357. The van der Waals surface area contributed by atoms with E-state index in [1.54, 1.807) is 6.20 Å². The molecule has 96 valence electrons. The number of hydrogen-bond donors (Lipinski definition) is 1. The van der Waals surface area contributed by atoms with E-state index in [2.05, 4.69) is 12.0 Å². The quantitative estimate of drug-likeness (QED) is 0.920. The van der Waals surface area contributed by atoms with Gasteiger partial charge in [0.1, 0.15) is 6.10 Å². The van der Waals surface area contributed by atoms with Crippen molar-refractivity contribution < 1.29 is 5.11 Å². The van der Waals surface area contributed by atoms with E-state index in [0.717, 1.165) is 29.7 Å². The third-order valence-corrected chi connectivity index (χ3v) is 3.45. The van der Waals surface area contributed by atoms with Crippen LogP contribution in [0.5, 0.6) is 0 Å². The Bertz CT molecular complexity index is 536. The van der Waals surface area contributed by atoms with Crippen molar-refractivity contribution >= 4 is 11.6 Å². The molecule has 2 rings (SSSR count). The van der Waals surface area contributed by atoms with Crippen LogP contribution in [-0.4, -0.2) is 14.9 Å². The number of aromatic nitrogens is 2. The molecule has 18 heavy (non-hydrogen) atoms. The molecular formula is C14H17ClN2O. The normalized spacial score (nSPS) is 12.7. The molecule has 0 saturated heterocycles. The first-order chi connectivity index (χ1) is 8.63. The van der Waals surface area contributed by atoms with Gasteiger partial charge in [0.15, 0.2) is 0 Å². The summed E-state index contributed by atoms with van der Waals surface area (Å²) in [5.74, 6) is 0. The number of aliphatic hydroxyl groups is 1. The van der Waals surface area contributed by atoms with Gasteiger partial charge in [-0.1, -0.05) is 36.7 Å². The van der Waals surface area contributed by atoms with Gasteiger partial charge in [-0.2, -0.15) is 5.10 Å². The Morgan fingerprint density at radius 3 is 2.94 bits per heavy atom. The molecule has 1 aromatic heterocycles. The van der Waals surface area contributed by atoms with Gasteiger partial charge in [-0.05, 0) is 18.9 Å². The minimum atomic E-state index is -0.719. The summed E-state index contributed by atoms with van der Waals surface area (Å²) >= 11 is 6.22. The highest BCUT2D eigenvalue weighted by Gasteiger charge is 2.16. The van der Waals surface area contributed by atoms with Crippen LogP contribution in [0.3, 0.4) is 0 Å². The fourth-order valence-electron chi connectivity index (χ4n) is 1.93. The third-order valence-electron chi connectivity index (χ3n) is 2.94. The van der Waals surface area contributed by atoms with Crippen molar-refractivity contribution in [3.63, 3.8) is 0 Å². The molecule has 3 nitrogen and oxygen atoms in total. The van der Waals surface area contributed by atoms with Crippen LogP contribution in [0.15, 0.2) is 30.6 Å². The lowest BCUT2D eigenvalue weighted by Gasteiger charge is -2.12. The smallest absolute Gasteiger partial charge is 0.109 e. The van der Waals surface area contributed by atoms with E-state index in [9.17, 15) is 5.11 Å². The third kappa shape index (κ3) is 2.57. The van der Waals surface area contributed by atoms with E-state index in [1.807, 2.05) is 36.0 Å². The van der Waals surface area contributed by atoms with Gasteiger partial charge in [0.2, 0.25) is 0 Å². The summed E-state index contributed by atoms with van der Waals surface area (Å²) in [6, 6.07) is 5.67. The van der Waals surface area contributed by atoms with Gasteiger partial charge in [-0.3, -0.25) is 4.68 Å². The maximum absolute atomic E-state index is 10.3. The van der Waals surface area contributed by atoms with Gasteiger partial charge in [0, 0.05) is 28.9 Å². The second-order valence-electron chi connectivity index (χ2n) is 4.42. The zero-order valence-electron chi connectivity index (χ0n) is 10.6. The van der Waals surface area contributed by atoms with Gasteiger partial charge in [-0.25, -0.2) is 0 Å². The molecule has 2 aromatic rings. The number of nitrogens with zero attached hydrogens (tertiary/aromatic N) is 2. The number of aliphatic hydroxyl groups excluding tert-OH is 1.